The van der Waals surface area contributed by atoms with Crippen LogP contribution in [0.5, 0.6) is 0 Å². The van der Waals surface area contributed by atoms with Crippen LogP contribution < -0.4 is 11.1 Å². The Morgan fingerprint density at radius 3 is 1.93 bits per heavy atom. The van der Waals surface area contributed by atoms with E-state index in [4.69, 9.17) is 10.5 Å². The molecule has 1 aromatic heterocycles. The van der Waals surface area contributed by atoms with Crippen molar-refractivity contribution in [1.29, 1.82) is 0 Å². The lowest BCUT2D eigenvalue weighted by molar-refractivity contribution is -0.145. The smallest absolute Gasteiger partial charge is 0.326 e. The Hall–Kier alpha value is -4.47. The van der Waals surface area contributed by atoms with E-state index in [2.05, 4.69) is 15.3 Å². The predicted octanol–water partition coefficient (Wildman–Crippen LogP) is 4.91. The molecule has 216 valence electrons. The third-order valence-electron chi connectivity index (χ3n) is 6.91. The third kappa shape index (κ3) is 6.87. The van der Waals surface area contributed by atoms with Crippen LogP contribution in [0.25, 0.3) is 0 Å². The minimum absolute atomic E-state index is 0.0498. The fourth-order valence-electron chi connectivity index (χ4n) is 4.73. The maximum Gasteiger partial charge on any atom is 0.326 e. The van der Waals surface area contributed by atoms with Gasteiger partial charge in [0.05, 0.1) is 0 Å². The summed E-state index contributed by atoms with van der Waals surface area (Å²) < 4.78 is 5.98. The highest BCUT2D eigenvalue weighted by Crippen LogP contribution is 2.41. The molecule has 3 aromatic carbocycles. The van der Waals surface area contributed by atoms with Gasteiger partial charge in [0.1, 0.15) is 23.0 Å². The Morgan fingerprint density at radius 2 is 1.45 bits per heavy atom. The molecule has 0 unspecified atom stereocenters. The predicted molar refractivity (Wildman–Crippen MR) is 165 cm³/mol. The molecular weight excluding hydrogens is 548 g/mol. The molecule has 0 atom stereocenters. The number of aromatic nitrogens is 2. The zero-order valence-electron chi connectivity index (χ0n) is 23.6. The summed E-state index contributed by atoms with van der Waals surface area (Å²) >= 11 is 1.21. The monoisotopic (exact) mass is 582 g/mol. The Balaban J connectivity index is 1.57. The second-order valence-electron chi connectivity index (χ2n) is 9.57. The number of carbonyl (C=O) groups excluding carboxylic acids is 2. The molecule has 0 aliphatic heterocycles. The summed E-state index contributed by atoms with van der Waals surface area (Å²) in [6.45, 7) is 3.40. The molecule has 0 saturated carbocycles. The normalized spacial score (nSPS) is 11.9. The molecule has 0 bridgehead atoms. The largest absolute Gasteiger partial charge is 0.453 e. The molecule has 0 aliphatic carbocycles. The average Bonchev–Trinajstić information content (AvgIpc) is 3.02. The number of hydrogen-bond acceptors (Lipinski definition) is 8. The molecular formula is C33H34N4O4S. The lowest BCUT2D eigenvalue weighted by Gasteiger charge is -2.33. The molecule has 0 aliphatic rings. The second kappa shape index (κ2) is 14.4. The molecule has 42 heavy (non-hydrogen) atoms. The summed E-state index contributed by atoms with van der Waals surface area (Å²) in [5.41, 5.74) is 8.08. The number of thioether (sulfide) groups is 1. The number of nitrogens with two attached hydrogens (primary N) is 1. The summed E-state index contributed by atoms with van der Waals surface area (Å²) in [5.74, 6) is 0.0280. The van der Waals surface area contributed by atoms with Crippen LogP contribution in [0, 0.1) is 6.92 Å². The number of nitrogens with zero attached hydrogens (tertiary/aromatic N) is 2. The van der Waals surface area contributed by atoms with Gasteiger partial charge < -0.3 is 20.9 Å². The first-order chi connectivity index (χ1) is 20.4. The molecule has 1 amide bonds. The van der Waals surface area contributed by atoms with Crippen molar-refractivity contribution < 1.29 is 19.4 Å². The van der Waals surface area contributed by atoms with Crippen molar-refractivity contribution in [2.45, 2.75) is 32.2 Å². The van der Waals surface area contributed by atoms with Crippen molar-refractivity contribution in [3.8, 4) is 0 Å². The van der Waals surface area contributed by atoms with E-state index < -0.39 is 11.4 Å². The summed E-state index contributed by atoms with van der Waals surface area (Å²) in [6, 6.07) is 28.7. The lowest BCUT2D eigenvalue weighted by Crippen LogP contribution is -2.40. The van der Waals surface area contributed by atoms with Crippen LogP contribution in [0.3, 0.4) is 0 Å². The van der Waals surface area contributed by atoms with Crippen LogP contribution in [0.4, 0.5) is 5.82 Å². The van der Waals surface area contributed by atoms with E-state index in [9.17, 15) is 14.7 Å². The van der Waals surface area contributed by atoms with E-state index in [-0.39, 0.29) is 31.4 Å². The van der Waals surface area contributed by atoms with Gasteiger partial charge >= 0.3 is 5.97 Å². The van der Waals surface area contributed by atoms with Gasteiger partial charge in [-0.1, -0.05) is 103 Å². The van der Waals surface area contributed by atoms with Crippen LogP contribution >= 0.6 is 11.8 Å². The van der Waals surface area contributed by atoms with Gasteiger partial charge in [-0.25, -0.2) is 9.97 Å². The van der Waals surface area contributed by atoms with Crippen LogP contribution in [-0.2, 0) is 26.3 Å². The number of esters is 1. The number of benzene rings is 3. The molecule has 1 heterocycles. The van der Waals surface area contributed by atoms with Gasteiger partial charge in [0.15, 0.2) is 0 Å². The maximum absolute atomic E-state index is 14.2. The summed E-state index contributed by atoms with van der Waals surface area (Å²) in [6.07, 6.45) is 1.82. The van der Waals surface area contributed by atoms with E-state index in [1.165, 1.54) is 11.8 Å². The highest BCUT2D eigenvalue weighted by molar-refractivity contribution is 8.03. The van der Waals surface area contributed by atoms with Gasteiger partial charge in [-0.2, -0.15) is 0 Å². The highest BCUT2D eigenvalue weighted by atomic mass is 32.2. The quantitative estimate of drug-likeness (QED) is 0.0931. The van der Waals surface area contributed by atoms with E-state index >= 15 is 0 Å². The number of aliphatic hydroxyl groups excluding tert-OH is 1. The number of nitrogen functional groups attached to an aromatic ring is 1. The number of amides is 1. The summed E-state index contributed by atoms with van der Waals surface area (Å²) in [7, 11) is 0. The number of anilines is 1. The Labute approximate surface area is 250 Å². The topological polar surface area (TPSA) is 127 Å². The van der Waals surface area contributed by atoms with Crippen molar-refractivity contribution in [3.63, 3.8) is 0 Å². The Bertz CT molecular complexity index is 1430. The first kappa shape index (κ1) is 30.5. The van der Waals surface area contributed by atoms with Gasteiger partial charge in [0.2, 0.25) is 5.91 Å². The first-order valence-electron chi connectivity index (χ1n) is 13.5. The number of rotatable bonds is 12. The molecule has 0 fully saturated rings. The molecule has 4 rings (SSSR count). The maximum atomic E-state index is 14.2. The minimum Gasteiger partial charge on any atom is -0.453 e. The van der Waals surface area contributed by atoms with Crippen molar-refractivity contribution >= 4 is 29.5 Å². The van der Waals surface area contributed by atoms with Gasteiger partial charge in [-0.3, -0.25) is 9.59 Å². The van der Waals surface area contributed by atoms with Crippen LogP contribution in [-0.4, -0.2) is 39.5 Å². The Kier molecular flexibility index (Phi) is 10.5. The van der Waals surface area contributed by atoms with Gasteiger partial charge in [0.25, 0.3) is 0 Å². The van der Waals surface area contributed by atoms with Gasteiger partial charge in [-0.05, 0) is 35.4 Å². The van der Waals surface area contributed by atoms with Gasteiger partial charge in [-0.15, -0.1) is 0 Å². The van der Waals surface area contributed by atoms with E-state index in [0.29, 0.717) is 27.7 Å². The van der Waals surface area contributed by atoms with Crippen LogP contribution in [0.1, 0.15) is 41.4 Å². The van der Waals surface area contributed by atoms with Gasteiger partial charge in [0, 0.05) is 36.9 Å². The van der Waals surface area contributed by atoms with Crippen molar-refractivity contribution in [2.24, 2.45) is 0 Å². The molecule has 0 radical (unpaired) electrons. The molecule has 8 nitrogen and oxygen atoms in total. The van der Waals surface area contributed by atoms with Crippen LogP contribution in [0.2, 0.25) is 0 Å². The third-order valence-corrected chi connectivity index (χ3v) is 8.00. The van der Waals surface area contributed by atoms with Crippen molar-refractivity contribution in [1.82, 2.24) is 15.3 Å². The standard InChI is InChI=1S/C33H34N4O4S/c1-23(31(39)36-21-25-20-35-24(2)37-30(25)34)29(18-19-38)42-22-41-32(40)33(26-12-6-3-7-13-26,27-14-8-4-9-15-27)28-16-10-5-11-17-28/h3-17,20,38H,18-19,21-22H2,1-2H3,(H,36,39)(H2,34,35,37)/b29-23-. The molecule has 9 heteroatoms. The number of carbonyl (C=O) groups is 2. The molecule has 0 spiro atoms. The first-order valence-corrected chi connectivity index (χ1v) is 14.5. The van der Waals surface area contributed by atoms with Crippen molar-refractivity contribution in [2.75, 3.05) is 18.3 Å². The fourth-order valence-corrected chi connectivity index (χ4v) is 5.59. The van der Waals surface area contributed by atoms with E-state index in [0.717, 1.165) is 16.7 Å². The molecule has 0 saturated heterocycles. The molecule has 4 aromatic rings. The number of hydrogen-bond donors (Lipinski definition) is 3. The molecule has 4 N–H and O–H groups in total. The van der Waals surface area contributed by atoms with Crippen LogP contribution in [0.15, 0.2) is 108 Å². The zero-order valence-corrected chi connectivity index (χ0v) is 24.4. The Morgan fingerprint density at radius 1 is 0.929 bits per heavy atom. The summed E-state index contributed by atoms with van der Waals surface area (Å²) in [4.78, 5) is 36.1. The highest BCUT2D eigenvalue weighted by Gasteiger charge is 2.45. The number of ether oxygens (including phenoxy) is 1. The zero-order chi connectivity index (χ0) is 30.0. The van der Waals surface area contributed by atoms with E-state index in [1.54, 1.807) is 20.0 Å². The van der Waals surface area contributed by atoms with Crippen molar-refractivity contribution in [3.05, 3.63) is 136 Å². The number of nitrogens with one attached hydrogen (secondary N) is 1. The minimum atomic E-state index is -1.21. The lowest BCUT2D eigenvalue weighted by atomic mass is 9.69. The number of aryl methyl sites for hydroxylation is 1. The SMILES string of the molecule is C/C(C(=O)NCc1cnc(C)nc1N)=C(\CCO)SCOC(=O)C(c1ccccc1)(c1ccccc1)c1ccccc1. The number of aliphatic hydroxyl groups is 1. The fraction of sp³-hybridized carbons (Fsp3) is 0.212. The summed E-state index contributed by atoms with van der Waals surface area (Å²) in [5, 5.41) is 12.5. The second-order valence-corrected chi connectivity index (χ2v) is 10.6. The average molecular weight is 583 g/mol. The van der Waals surface area contributed by atoms with E-state index in [1.807, 2.05) is 91.0 Å².